The first kappa shape index (κ1) is 13.8. The van der Waals surface area contributed by atoms with E-state index < -0.39 is 0 Å². The van der Waals surface area contributed by atoms with Crippen molar-refractivity contribution < 1.29 is 0 Å². The number of aryl methyl sites for hydroxylation is 1. The summed E-state index contributed by atoms with van der Waals surface area (Å²) in [5.41, 5.74) is 5.46. The Hall–Kier alpha value is -2.12. The fraction of sp³-hybridized carbons (Fsp3) is 0.200. The molecular weight excluding hydrogens is 254 g/mol. The minimum Gasteiger partial charge on any atom is -0.305 e. The fourth-order valence-electron chi connectivity index (χ4n) is 2.99. The highest BCUT2D eigenvalue weighted by Crippen LogP contribution is 2.34. The zero-order chi connectivity index (χ0) is 14.8. The van der Waals surface area contributed by atoms with Crippen molar-refractivity contribution in [3.63, 3.8) is 0 Å². The van der Waals surface area contributed by atoms with Crippen LogP contribution in [-0.4, -0.2) is 19.0 Å². The van der Waals surface area contributed by atoms with Gasteiger partial charge in [0.1, 0.15) is 0 Å². The van der Waals surface area contributed by atoms with E-state index in [4.69, 9.17) is 0 Å². The monoisotopic (exact) mass is 275 g/mol. The SMILES string of the molecule is Cc1cc2ccccc2c(-c2ccccc2)c1CN(C)C. The Morgan fingerprint density at radius 1 is 0.857 bits per heavy atom. The molecule has 3 aromatic carbocycles. The smallest absolute Gasteiger partial charge is 0.0236 e. The highest BCUT2D eigenvalue weighted by Gasteiger charge is 2.13. The summed E-state index contributed by atoms with van der Waals surface area (Å²) in [7, 11) is 4.26. The number of fused-ring (bicyclic) bond motifs is 1. The lowest BCUT2D eigenvalue weighted by Crippen LogP contribution is -2.13. The van der Waals surface area contributed by atoms with Crippen LogP contribution in [0.15, 0.2) is 60.7 Å². The molecule has 0 N–H and O–H groups in total. The largest absolute Gasteiger partial charge is 0.305 e. The molecule has 0 amide bonds. The van der Waals surface area contributed by atoms with Crippen molar-refractivity contribution in [1.29, 1.82) is 0 Å². The summed E-state index contributed by atoms with van der Waals surface area (Å²) >= 11 is 0. The van der Waals surface area contributed by atoms with Crippen LogP contribution < -0.4 is 0 Å². The summed E-state index contributed by atoms with van der Waals surface area (Å²) in [5.74, 6) is 0. The molecule has 21 heavy (non-hydrogen) atoms. The van der Waals surface area contributed by atoms with Gasteiger partial charge < -0.3 is 4.90 Å². The summed E-state index contributed by atoms with van der Waals surface area (Å²) < 4.78 is 0. The second-order valence-electron chi connectivity index (χ2n) is 5.87. The van der Waals surface area contributed by atoms with Crippen LogP contribution in [0, 0.1) is 6.92 Å². The van der Waals surface area contributed by atoms with Gasteiger partial charge in [-0.1, -0.05) is 60.7 Å². The van der Waals surface area contributed by atoms with Crippen molar-refractivity contribution in [1.82, 2.24) is 4.90 Å². The van der Waals surface area contributed by atoms with Gasteiger partial charge in [0.2, 0.25) is 0 Å². The van der Waals surface area contributed by atoms with Gasteiger partial charge in [-0.05, 0) is 54.0 Å². The van der Waals surface area contributed by atoms with Crippen molar-refractivity contribution in [3.05, 3.63) is 71.8 Å². The van der Waals surface area contributed by atoms with Gasteiger partial charge >= 0.3 is 0 Å². The molecule has 3 rings (SSSR count). The summed E-state index contributed by atoms with van der Waals surface area (Å²) in [4.78, 5) is 2.24. The molecule has 0 saturated heterocycles. The Labute approximate surface area is 126 Å². The summed E-state index contributed by atoms with van der Waals surface area (Å²) in [6.45, 7) is 3.18. The maximum absolute atomic E-state index is 2.31. The van der Waals surface area contributed by atoms with Crippen molar-refractivity contribution in [2.24, 2.45) is 0 Å². The molecular formula is C20H21N. The van der Waals surface area contributed by atoms with E-state index in [0.29, 0.717) is 0 Å². The van der Waals surface area contributed by atoms with Crippen LogP contribution in [0.4, 0.5) is 0 Å². The molecule has 106 valence electrons. The molecule has 0 fully saturated rings. The topological polar surface area (TPSA) is 3.24 Å². The molecule has 0 heterocycles. The maximum atomic E-state index is 2.31. The normalized spacial score (nSPS) is 11.2. The van der Waals surface area contributed by atoms with E-state index >= 15 is 0 Å². The van der Waals surface area contributed by atoms with Crippen molar-refractivity contribution >= 4 is 10.8 Å². The first-order chi connectivity index (χ1) is 10.2. The Morgan fingerprint density at radius 2 is 1.52 bits per heavy atom. The molecule has 0 aromatic heterocycles. The van der Waals surface area contributed by atoms with Crippen molar-refractivity contribution in [2.45, 2.75) is 13.5 Å². The molecule has 0 saturated carbocycles. The van der Waals surface area contributed by atoms with Crippen LogP contribution in [0.3, 0.4) is 0 Å². The number of nitrogens with zero attached hydrogens (tertiary/aromatic N) is 1. The van der Waals surface area contributed by atoms with Gasteiger partial charge in [0.25, 0.3) is 0 Å². The average molecular weight is 275 g/mol. The maximum Gasteiger partial charge on any atom is 0.0236 e. The first-order valence-corrected chi connectivity index (χ1v) is 7.38. The van der Waals surface area contributed by atoms with Gasteiger partial charge in [0, 0.05) is 6.54 Å². The molecule has 0 bridgehead atoms. The van der Waals surface area contributed by atoms with Crippen molar-refractivity contribution in [2.75, 3.05) is 14.1 Å². The standard InChI is InChI=1S/C20H21N/c1-15-13-17-11-7-8-12-18(17)20(19(15)14-21(2)3)16-9-5-4-6-10-16/h4-13H,14H2,1-3H3. The van der Waals surface area contributed by atoms with E-state index in [2.05, 4.69) is 86.6 Å². The second-order valence-corrected chi connectivity index (χ2v) is 5.87. The Balaban J connectivity index is 2.36. The average Bonchev–Trinajstić information content (AvgIpc) is 2.48. The lowest BCUT2D eigenvalue weighted by Gasteiger charge is -2.19. The van der Waals surface area contributed by atoms with Crippen LogP contribution in [0.5, 0.6) is 0 Å². The van der Waals surface area contributed by atoms with Crippen LogP contribution in [-0.2, 0) is 6.54 Å². The zero-order valence-corrected chi connectivity index (χ0v) is 12.9. The molecule has 0 aliphatic rings. The van der Waals surface area contributed by atoms with Gasteiger partial charge in [-0.25, -0.2) is 0 Å². The molecule has 0 radical (unpaired) electrons. The predicted molar refractivity (Wildman–Crippen MR) is 91.5 cm³/mol. The third-order valence-corrected chi connectivity index (χ3v) is 3.92. The highest BCUT2D eigenvalue weighted by molar-refractivity contribution is 5.99. The van der Waals surface area contributed by atoms with Crippen LogP contribution >= 0.6 is 0 Å². The lowest BCUT2D eigenvalue weighted by molar-refractivity contribution is 0.402. The van der Waals surface area contributed by atoms with Crippen molar-refractivity contribution in [3.8, 4) is 11.1 Å². The molecule has 0 aliphatic heterocycles. The minimum absolute atomic E-state index is 0.959. The zero-order valence-electron chi connectivity index (χ0n) is 12.9. The molecule has 0 spiro atoms. The number of hydrogen-bond acceptors (Lipinski definition) is 1. The number of hydrogen-bond donors (Lipinski definition) is 0. The van der Waals surface area contributed by atoms with E-state index in [0.717, 1.165) is 6.54 Å². The lowest BCUT2D eigenvalue weighted by atomic mass is 9.90. The molecule has 1 nitrogen and oxygen atoms in total. The van der Waals surface area contributed by atoms with Gasteiger partial charge in [-0.3, -0.25) is 0 Å². The molecule has 0 aliphatic carbocycles. The Morgan fingerprint density at radius 3 is 2.24 bits per heavy atom. The quantitative estimate of drug-likeness (QED) is 0.658. The molecule has 0 atom stereocenters. The van der Waals surface area contributed by atoms with Crippen LogP contribution in [0.1, 0.15) is 11.1 Å². The van der Waals surface area contributed by atoms with Gasteiger partial charge in [0.05, 0.1) is 0 Å². The molecule has 3 aromatic rings. The Bertz CT molecular complexity index is 757. The second kappa shape index (κ2) is 5.71. The first-order valence-electron chi connectivity index (χ1n) is 7.38. The van der Waals surface area contributed by atoms with E-state index in [1.807, 2.05) is 0 Å². The summed E-state index contributed by atoms with van der Waals surface area (Å²) in [6.07, 6.45) is 0. The fourth-order valence-corrected chi connectivity index (χ4v) is 2.99. The summed E-state index contributed by atoms with van der Waals surface area (Å²) in [5, 5.41) is 2.66. The predicted octanol–water partition coefficient (Wildman–Crippen LogP) is 4.88. The minimum atomic E-state index is 0.959. The number of benzene rings is 3. The van der Waals surface area contributed by atoms with Gasteiger partial charge in [0.15, 0.2) is 0 Å². The number of rotatable bonds is 3. The van der Waals surface area contributed by atoms with Crippen LogP contribution in [0.2, 0.25) is 0 Å². The van der Waals surface area contributed by atoms with Gasteiger partial charge in [-0.2, -0.15) is 0 Å². The third kappa shape index (κ3) is 2.70. The molecule has 0 unspecified atom stereocenters. The Kier molecular flexibility index (Phi) is 3.76. The van der Waals surface area contributed by atoms with E-state index in [9.17, 15) is 0 Å². The van der Waals surface area contributed by atoms with E-state index in [1.165, 1.54) is 33.0 Å². The highest BCUT2D eigenvalue weighted by atomic mass is 15.0. The molecule has 1 heteroatoms. The van der Waals surface area contributed by atoms with Crippen LogP contribution in [0.25, 0.3) is 21.9 Å². The van der Waals surface area contributed by atoms with Gasteiger partial charge in [-0.15, -0.1) is 0 Å². The van der Waals surface area contributed by atoms with E-state index in [1.54, 1.807) is 0 Å². The summed E-state index contributed by atoms with van der Waals surface area (Å²) in [6, 6.07) is 21.7. The third-order valence-electron chi connectivity index (χ3n) is 3.92. The van der Waals surface area contributed by atoms with E-state index in [-0.39, 0.29) is 0 Å².